The van der Waals surface area contributed by atoms with Gasteiger partial charge in [-0.05, 0) is 44.0 Å². The van der Waals surface area contributed by atoms with Crippen molar-refractivity contribution in [2.45, 2.75) is 24.7 Å². The van der Waals surface area contributed by atoms with Gasteiger partial charge in [0.25, 0.3) is 0 Å². The molecule has 2 nitrogen and oxygen atoms in total. The van der Waals surface area contributed by atoms with E-state index in [1.807, 2.05) is 12.1 Å². The van der Waals surface area contributed by atoms with Gasteiger partial charge in [0.1, 0.15) is 5.75 Å². The van der Waals surface area contributed by atoms with Crippen molar-refractivity contribution in [3.8, 4) is 5.75 Å². The Hall–Kier alpha value is -0.540. The molecule has 1 aromatic carbocycles. The molecule has 0 bridgehead atoms. The molecule has 0 unspecified atom stereocenters. The first-order valence-electron chi connectivity index (χ1n) is 4.87. The van der Waals surface area contributed by atoms with E-state index in [2.05, 4.69) is 15.9 Å². The predicted molar refractivity (Wildman–Crippen MR) is 60.4 cm³/mol. The fourth-order valence-electron chi connectivity index (χ4n) is 2.01. The summed E-state index contributed by atoms with van der Waals surface area (Å²) >= 11 is 3.43. The first-order valence-corrected chi connectivity index (χ1v) is 5.66. The summed E-state index contributed by atoms with van der Waals surface area (Å²) in [5.74, 6) is 0.402. The van der Waals surface area contributed by atoms with E-state index in [9.17, 15) is 5.11 Å². The fourth-order valence-corrected chi connectivity index (χ4v) is 2.38. The van der Waals surface area contributed by atoms with Gasteiger partial charge in [-0.1, -0.05) is 15.9 Å². The fraction of sp³-hybridized carbons (Fsp3) is 0.455. The lowest BCUT2D eigenvalue weighted by molar-refractivity contribution is 0.455. The zero-order chi connectivity index (χ0) is 10.2. The highest BCUT2D eigenvalue weighted by atomic mass is 79.9. The lowest BCUT2D eigenvalue weighted by Gasteiger charge is -2.16. The van der Waals surface area contributed by atoms with E-state index in [1.54, 1.807) is 6.07 Å². The van der Waals surface area contributed by atoms with Crippen LogP contribution < -0.4 is 5.73 Å². The number of hydrogen-bond acceptors (Lipinski definition) is 2. The Morgan fingerprint density at radius 3 is 2.71 bits per heavy atom. The van der Waals surface area contributed by atoms with E-state index in [0.29, 0.717) is 12.3 Å². The van der Waals surface area contributed by atoms with E-state index in [1.165, 1.54) is 0 Å². The Morgan fingerprint density at radius 2 is 2.14 bits per heavy atom. The third-order valence-corrected chi connectivity index (χ3v) is 3.50. The molecule has 14 heavy (non-hydrogen) atoms. The van der Waals surface area contributed by atoms with Crippen molar-refractivity contribution in [3.05, 3.63) is 28.2 Å². The summed E-state index contributed by atoms with van der Waals surface area (Å²) in [6.07, 6.45) is 3.26. The second kappa shape index (κ2) is 3.55. The Balaban J connectivity index is 2.35. The molecule has 3 heteroatoms. The van der Waals surface area contributed by atoms with Crippen LogP contribution in [0, 0.1) is 0 Å². The summed E-state index contributed by atoms with van der Waals surface area (Å²) in [6.45, 7) is 0.686. The summed E-state index contributed by atoms with van der Waals surface area (Å²) in [7, 11) is 0. The molecule has 0 atom stereocenters. The largest absolute Gasteiger partial charge is 0.508 e. The molecule has 1 aliphatic carbocycles. The van der Waals surface area contributed by atoms with Crippen molar-refractivity contribution in [2.24, 2.45) is 5.73 Å². The molecule has 1 aromatic rings. The van der Waals surface area contributed by atoms with Crippen LogP contribution in [0.5, 0.6) is 5.75 Å². The van der Waals surface area contributed by atoms with Gasteiger partial charge < -0.3 is 10.8 Å². The SMILES string of the molecule is NCCC1(c2cc(Br)ccc2O)CC1. The molecule has 0 saturated heterocycles. The zero-order valence-electron chi connectivity index (χ0n) is 7.96. The van der Waals surface area contributed by atoms with Crippen LogP contribution in [-0.2, 0) is 5.41 Å². The van der Waals surface area contributed by atoms with Crippen LogP contribution in [0.1, 0.15) is 24.8 Å². The number of nitrogens with two attached hydrogens (primary N) is 1. The topological polar surface area (TPSA) is 46.2 Å². The molecule has 0 spiro atoms. The Morgan fingerprint density at radius 1 is 1.43 bits per heavy atom. The van der Waals surface area contributed by atoms with Crippen LogP contribution in [0.2, 0.25) is 0 Å². The number of hydrogen-bond donors (Lipinski definition) is 2. The average molecular weight is 256 g/mol. The van der Waals surface area contributed by atoms with Crippen molar-refractivity contribution in [1.29, 1.82) is 0 Å². The molecule has 1 aliphatic rings. The molecular formula is C11H14BrNO. The maximum Gasteiger partial charge on any atom is 0.119 e. The van der Waals surface area contributed by atoms with Crippen LogP contribution >= 0.6 is 15.9 Å². The van der Waals surface area contributed by atoms with Gasteiger partial charge >= 0.3 is 0 Å². The third-order valence-electron chi connectivity index (χ3n) is 3.01. The Kier molecular flexibility index (Phi) is 2.54. The normalized spacial score (nSPS) is 18.1. The molecule has 76 valence electrons. The second-order valence-corrected chi connectivity index (χ2v) is 4.90. The minimum absolute atomic E-state index is 0.169. The zero-order valence-corrected chi connectivity index (χ0v) is 9.55. The van der Waals surface area contributed by atoms with E-state index in [-0.39, 0.29) is 5.41 Å². The lowest BCUT2D eigenvalue weighted by Crippen LogP contribution is -2.13. The summed E-state index contributed by atoms with van der Waals surface area (Å²) in [5.41, 5.74) is 6.81. The van der Waals surface area contributed by atoms with Crippen molar-refractivity contribution in [1.82, 2.24) is 0 Å². The summed E-state index contributed by atoms with van der Waals surface area (Å²) < 4.78 is 1.02. The number of halogens is 1. The molecule has 2 rings (SSSR count). The quantitative estimate of drug-likeness (QED) is 0.872. The lowest BCUT2D eigenvalue weighted by atomic mass is 9.92. The van der Waals surface area contributed by atoms with Crippen LogP contribution in [0.25, 0.3) is 0 Å². The van der Waals surface area contributed by atoms with Gasteiger partial charge in [0.15, 0.2) is 0 Å². The maximum atomic E-state index is 9.78. The van der Waals surface area contributed by atoms with Gasteiger partial charge in [-0.2, -0.15) is 0 Å². The number of benzene rings is 1. The highest BCUT2D eigenvalue weighted by Gasteiger charge is 2.44. The van der Waals surface area contributed by atoms with Gasteiger partial charge in [0, 0.05) is 15.5 Å². The number of phenolic OH excluding ortho intramolecular Hbond substituents is 1. The highest BCUT2D eigenvalue weighted by molar-refractivity contribution is 9.10. The summed E-state index contributed by atoms with van der Waals surface area (Å²) in [6, 6.07) is 5.62. The Labute approximate surface area is 92.3 Å². The highest BCUT2D eigenvalue weighted by Crippen LogP contribution is 2.53. The summed E-state index contributed by atoms with van der Waals surface area (Å²) in [5, 5.41) is 9.78. The van der Waals surface area contributed by atoms with E-state index in [4.69, 9.17) is 5.73 Å². The molecule has 0 amide bonds. The molecule has 3 N–H and O–H groups in total. The van der Waals surface area contributed by atoms with Crippen molar-refractivity contribution >= 4 is 15.9 Å². The van der Waals surface area contributed by atoms with Crippen molar-refractivity contribution < 1.29 is 5.11 Å². The molecule has 0 aliphatic heterocycles. The molecule has 1 fully saturated rings. The first kappa shape index (κ1) is 9.99. The first-order chi connectivity index (χ1) is 6.68. The molecule has 0 radical (unpaired) electrons. The van der Waals surface area contributed by atoms with Gasteiger partial charge in [0.2, 0.25) is 0 Å². The van der Waals surface area contributed by atoms with Crippen molar-refractivity contribution in [2.75, 3.05) is 6.54 Å². The molecule has 0 heterocycles. The summed E-state index contributed by atoms with van der Waals surface area (Å²) in [4.78, 5) is 0. The molecular weight excluding hydrogens is 242 g/mol. The van der Waals surface area contributed by atoms with Crippen molar-refractivity contribution in [3.63, 3.8) is 0 Å². The van der Waals surface area contributed by atoms with E-state index in [0.717, 1.165) is 29.3 Å². The van der Waals surface area contributed by atoms with Crippen LogP contribution in [0.3, 0.4) is 0 Å². The smallest absolute Gasteiger partial charge is 0.119 e. The monoisotopic (exact) mass is 255 g/mol. The predicted octanol–water partition coefficient (Wildman–Crippen LogP) is 2.54. The molecule has 1 saturated carbocycles. The van der Waals surface area contributed by atoms with Gasteiger partial charge in [-0.15, -0.1) is 0 Å². The standard InChI is InChI=1S/C11H14BrNO/c12-8-1-2-10(14)9(7-8)11(3-4-11)5-6-13/h1-2,7,14H,3-6,13H2. The van der Waals surface area contributed by atoms with E-state index >= 15 is 0 Å². The van der Waals surface area contributed by atoms with Crippen LogP contribution in [0.15, 0.2) is 22.7 Å². The molecule has 0 aromatic heterocycles. The van der Waals surface area contributed by atoms with Gasteiger partial charge in [-0.25, -0.2) is 0 Å². The maximum absolute atomic E-state index is 9.78. The van der Waals surface area contributed by atoms with Crippen LogP contribution in [-0.4, -0.2) is 11.7 Å². The van der Waals surface area contributed by atoms with Gasteiger partial charge in [0.05, 0.1) is 0 Å². The minimum Gasteiger partial charge on any atom is -0.508 e. The number of phenols is 1. The Bertz CT molecular complexity index is 347. The minimum atomic E-state index is 0.169. The van der Waals surface area contributed by atoms with Gasteiger partial charge in [-0.3, -0.25) is 0 Å². The second-order valence-electron chi connectivity index (χ2n) is 3.98. The van der Waals surface area contributed by atoms with Crippen LogP contribution in [0.4, 0.5) is 0 Å². The number of rotatable bonds is 3. The third kappa shape index (κ3) is 1.66. The average Bonchev–Trinajstić information content (AvgIpc) is 2.91. The van der Waals surface area contributed by atoms with E-state index < -0.39 is 0 Å². The number of aromatic hydroxyl groups is 1.